The van der Waals surface area contributed by atoms with Gasteiger partial charge in [-0.2, -0.15) is 0 Å². The van der Waals surface area contributed by atoms with E-state index in [1.165, 1.54) is 0 Å². The topological polar surface area (TPSA) is 114 Å². The van der Waals surface area contributed by atoms with Crippen LogP contribution < -0.4 is 16.4 Å². The molecule has 1 aromatic rings. The predicted octanol–water partition coefficient (Wildman–Crippen LogP) is 3.15. The highest BCUT2D eigenvalue weighted by Gasteiger charge is 2.27. The molecule has 4 N–H and O–H groups in total. The molecule has 0 aromatic heterocycles. The van der Waals surface area contributed by atoms with Gasteiger partial charge in [0.2, 0.25) is 5.91 Å². The summed E-state index contributed by atoms with van der Waals surface area (Å²) in [4.78, 5) is 36.8. The summed E-state index contributed by atoms with van der Waals surface area (Å²) in [5.74, 6) is 0.167. The van der Waals surface area contributed by atoms with Gasteiger partial charge in [0.15, 0.2) is 0 Å². The highest BCUT2D eigenvalue weighted by Crippen LogP contribution is 2.23. The zero-order valence-electron chi connectivity index (χ0n) is 16.1. The summed E-state index contributed by atoms with van der Waals surface area (Å²) in [6.45, 7) is 6.73. The number of nitrogens with two attached hydrogens (primary N) is 1. The number of likely N-dealkylation sites (tertiary alicyclic amines) is 1. The van der Waals surface area contributed by atoms with Gasteiger partial charge in [-0.05, 0) is 63.8 Å². The highest BCUT2D eigenvalue weighted by molar-refractivity contribution is 5.92. The number of benzene rings is 1. The number of rotatable bonds is 4. The lowest BCUT2D eigenvalue weighted by molar-refractivity contribution is -0.117. The van der Waals surface area contributed by atoms with Gasteiger partial charge in [-0.15, -0.1) is 0 Å². The van der Waals surface area contributed by atoms with Gasteiger partial charge in [-0.3, -0.25) is 4.79 Å². The number of amides is 4. The fraction of sp³-hybridized carbons (Fsp3) is 0.526. The molecule has 4 amide bonds. The van der Waals surface area contributed by atoms with E-state index in [1.54, 1.807) is 29.2 Å². The lowest BCUT2D eigenvalue weighted by atomic mass is 9.93. The van der Waals surface area contributed by atoms with Crippen LogP contribution in [0.2, 0.25) is 0 Å². The maximum absolute atomic E-state index is 12.2. The molecular formula is C19H28N4O4. The summed E-state index contributed by atoms with van der Waals surface area (Å²) in [7, 11) is 0. The number of hydrogen-bond acceptors (Lipinski definition) is 4. The van der Waals surface area contributed by atoms with E-state index in [4.69, 9.17) is 10.5 Å². The molecule has 148 valence electrons. The first-order chi connectivity index (χ1) is 12.6. The van der Waals surface area contributed by atoms with Crippen molar-refractivity contribution in [2.75, 3.05) is 23.7 Å². The first-order valence-electron chi connectivity index (χ1n) is 9.07. The van der Waals surface area contributed by atoms with Gasteiger partial charge in [0.25, 0.3) is 0 Å². The molecule has 1 fully saturated rings. The Labute approximate surface area is 159 Å². The lowest BCUT2D eigenvalue weighted by Gasteiger charge is -2.33. The molecule has 0 saturated carbocycles. The third-order valence-electron chi connectivity index (χ3n) is 4.18. The molecule has 1 aromatic carbocycles. The van der Waals surface area contributed by atoms with Gasteiger partial charge in [-0.1, -0.05) is 0 Å². The number of piperidine rings is 1. The average molecular weight is 376 g/mol. The van der Waals surface area contributed by atoms with Gasteiger partial charge in [0.1, 0.15) is 5.60 Å². The second-order valence-electron chi connectivity index (χ2n) is 7.73. The van der Waals surface area contributed by atoms with E-state index in [0.717, 1.165) is 12.8 Å². The van der Waals surface area contributed by atoms with Crippen LogP contribution in [-0.4, -0.2) is 41.6 Å². The number of nitrogens with one attached hydrogen (secondary N) is 2. The molecule has 1 heterocycles. The summed E-state index contributed by atoms with van der Waals surface area (Å²) >= 11 is 0. The molecule has 0 atom stereocenters. The number of ether oxygens (including phenoxy) is 1. The van der Waals surface area contributed by atoms with Crippen LogP contribution in [0.15, 0.2) is 24.3 Å². The summed E-state index contributed by atoms with van der Waals surface area (Å²) < 4.78 is 5.38. The Balaban J connectivity index is 1.76. The van der Waals surface area contributed by atoms with E-state index >= 15 is 0 Å². The van der Waals surface area contributed by atoms with Crippen molar-refractivity contribution in [1.29, 1.82) is 0 Å². The van der Waals surface area contributed by atoms with Gasteiger partial charge < -0.3 is 26.0 Å². The Morgan fingerprint density at radius 1 is 1.07 bits per heavy atom. The van der Waals surface area contributed by atoms with Crippen molar-refractivity contribution in [3.05, 3.63) is 24.3 Å². The molecule has 0 bridgehead atoms. The van der Waals surface area contributed by atoms with E-state index in [9.17, 15) is 14.4 Å². The van der Waals surface area contributed by atoms with Gasteiger partial charge in [0.05, 0.1) is 0 Å². The zero-order valence-corrected chi connectivity index (χ0v) is 16.1. The van der Waals surface area contributed by atoms with Gasteiger partial charge in [-0.25, -0.2) is 9.59 Å². The van der Waals surface area contributed by atoms with Gasteiger partial charge in [0, 0.05) is 30.9 Å². The number of hydrogen-bond donors (Lipinski definition) is 3. The third kappa shape index (κ3) is 7.16. The van der Waals surface area contributed by atoms with Crippen molar-refractivity contribution in [1.82, 2.24) is 4.90 Å². The van der Waals surface area contributed by atoms with Crippen LogP contribution in [0.1, 0.15) is 40.0 Å². The Morgan fingerprint density at radius 2 is 1.59 bits per heavy atom. The fourth-order valence-electron chi connectivity index (χ4n) is 2.90. The minimum atomic E-state index is -0.635. The molecule has 1 aliphatic heterocycles. The maximum atomic E-state index is 12.2. The molecule has 8 heteroatoms. The van der Waals surface area contributed by atoms with Crippen LogP contribution in [0.5, 0.6) is 0 Å². The van der Waals surface area contributed by atoms with Crippen LogP contribution in [0, 0.1) is 5.92 Å². The van der Waals surface area contributed by atoms with Crippen molar-refractivity contribution in [3.8, 4) is 0 Å². The molecule has 27 heavy (non-hydrogen) atoms. The van der Waals surface area contributed by atoms with Gasteiger partial charge >= 0.3 is 12.1 Å². The summed E-state index contributed by atoms with van der Waals surface area (Å²) in [6, 6.07) is 6.10. The van der Waals surface area contributed by atoms with Crippen molar-refractivity contribution >= 4 is 29.4 Å². The van der Waals surface area contributed by atoms with Crippen LogP contribution >= 0.6 is 0 Å². The summed E-state index contributed by atoms with van der Waals surface area (Å²) in [5.41, 5.74) is 5.77. The minimum absolute atomic E-state index is 0.0682. The van der Waals surface area contributed by atoms with Crippen LogP contribution in [0.3, 0.4) is 0 Å². The molecule has 0 spiro atoms. The second-order valence-corrected chi connectivity index (χ2v) is 7.73. The van der Waals surface area contributed by atoms with Crippen LogP contribution in [0.25, 0.3) is 0 Å². The summed E-state index contributed by atoms with van der Waals surface area (Å²) in [5, 5.41) is 5.31. The van der Waals surface area contributed by atoms with E-state index < -0.39 is 11.6 Å². The average Bonchev–Trinajstić information content (AvgIpc) is 2.55. The summed E-state index contributed by atoms with van der Waals surface area (Å²) in [6.07, 6.45) is 1.65. The molecule has 1 aliphatic rings. The Kier molecular flexibility index (Phi) is 6.65. The molecule has 1 saturated heterocycles. The number of anilines is 2. The smallest absolute Gasteiger partial charge is 0.410 e. The Hall–Kier alpha value is -2.77. The third-order valence-corrected chi connectivity index (χ3v) is 4.18. The molecule has 0 aliphatic carbocycles. The number of carbonyl (C=O) groups excluding carboxylic acids is 3. The quantitative estimate of drug-likeness (QED) is 0.749. The first-order valence-corrected chi connectivity index (χ1v) is 9.07. The standard InChI is InChI=1S/C19H28N4O4/c1-19(2,3)27-18(26)23-10-8-13(9-11-23)12-16(24)21-14-4-6-15(7-5-14)22-17(20)25/h4-7,13H,8-12H2,1-3H3,(H,21,24)(H3,20,22,25). The zero-order chi connectivity index (χ0) is 20.0. The first kappa shape index (κ1) is 20.5. The Bertz CT molecular complexity index is 674. The SMILES string of the molecule is CC(C)(C)OC(=O)N1CCC(CC(=O)Nc2ccc(NC(N)=O)cc2)CC1. The Morgan fingerprint density at radius 3 is 2.07 bits per heavy atom. The number of carbonyl (C=O) groups is 3. The predicted molar refractivity (Wildman–Crippen MR) is 103 cm³/mol. The van der Waals surface area contributed by atoms with Crippen molar-refractivity contribution in [3.63, 3.8) is 0 Å². The molecule has 0 radical (unpaired) electrons. The maximum Gasteiger partial charge on any atom is 0.410 e. The van der Waals surface area contributed by atoms with E-state index in [-0.39, 0.29) is 17.9 Å². The van der Waals surface area contributed by atoms with E-state index in [2.05, 4.69) is 10.6 Å². The van der Waals surface area contributed by atoms with E-state index in [1.807, 2.05) is 20.8 Å². The lowest BCUT2D eigenvalue weighted by Crippen LogP contribution is -2.42. The van der Waals surface area contributed by atoms with E-state index in [0.29, 0.717) is 30.9 Å². The van der Waals surface area contributed by atoms with Crippen LogP contribution in [0.4, 0.5) is 21.0 Å². The largest absolute Gasteiger partial charge is 0.444 e. The number of primary amides is 1. The van der Waals surface area contributed by atoms with Crippen molar-refractivity contribution in [2.24, 2.45) is 11.7 Å². The molecule has 0 unspecified atom stereocenters. The second kappa shape index (κ2) is 8.75. The monoisotopic (exact) mass is 376 g/mol. The highest BCUT2D eigenvalue weighted by atomic mass is 16.6. The minimum Gasteiger partial charge on any atom is -0.444 e. The normalized spacial score (nSPS) is 15.1. The van der Waals surface area contributed by atoms with Crippen molar-refractivity contribution in [2.45, 2.75) is 45.6 Å². The number of nitrogens with zero attached hydrogens (tertiary/aromatic N) is 1. The number of urea groups is 1. The molecular weight excluding hydrogens is 348 g/mol. The van der Waals surface area contributed by atoms with Crippen molar-refractivity contribution < 1.29 is 19.1 Å². The van der Waals surface area contributed by atoms with Crippen LogP contribution in [-0.2, 0) is 9.53 Å². The molecule has 8 nitrogen and oxygen atoms in total. The fourth-order valence-corrected chi connectivity index (χ4v) is 2.90. The molecule has 2 rings (SSSR count).